The Morgan fingerprint density at radius 2 is 2.00 bits per heavy atom. The fourth-order valence-electron chi connectivity index (χ4n) is 1.58. The SMILES string of the molecule is COc1ccccc1-c1nnc(SC(C)C)n1N. The number of para-hydroxylation sites is 1. The molecule has 1 heterocycles. The van der Waals surface area contributed by atoms with E-state index < -0.39 is 0 Å². The van der Waals surface area contributed by atoms with Crippen molar-refractivity contribution in [2.24, 2.45) is 0 Å². The van der Waals surface area contributed by atoms with Crippen LogP contribution in [0.3, 0.4) is 0 Å². The molecule has 6 heteroatoms. The number of benzene rings is 1. The van der Waals surface area contributed by atoms with E-state index in [0.717, 1.165) is 11.3 Å². The van der Waals surface area contributed by atoms with Crippen LogP contribution >= 0.6 is 11.8 Å². The van der Waals surface area contributed by atoms with Crippen molar-refractivity contribution in [3.05, 3.63) is 24.3 Å². The summed E-state index contributed by atoms with van der Waals surface area (Å²) in [5.41, 5.74) is 0.839. The van der Waals surface area contributed by atoms with Crippen LogP contribution < -0.4 is 10.6 Å². The molecule has 2 aromatic rings. The maximum absolute atomic E-state index is 6.02. The fraction of sp³-hybridized carbons (Fsp3) is 0.333. The Kier molecular flexibility index (Phi) is 3.76. The molecule has 2 rings (SSSR count). The van der Waals surface area contributed by atoms with Gasteiger partial charge in [-0.2, -0.15) is 0 Å². The minimum absolute atomic E-state index is 0.405. The monoisotopic (exact) mass is 264 g/mol. The van der Waals surface area contributed by atoms with Gasteiger partial charge in [-0.25, -0.2) is 4.68 Å². The predicted molar refractivity (Wildman–Crippen MR) is 73.2 cm³/mol. The molecule has 18 heavy (non-hydrogen) atoms. The topological polar surface area (TPSA) is 66.0 Å². The van der Waals surface area contributed by atoms with Crippen LogP contribution in [-0.2, 0) is 0 Å². The first-order valence-electron chi connectivity index (χ1n) is 5.64. The van der Waals surface area contributed by atoms with Crippen LogP contribution in [0.25, 0.3) is 11.4 Å². The van der Waals surface area contributed by atoms with Gasteiger partial charge in [0.2, 0.25) is 5.16 Å². The van der Waals surface area contributed by atoms with Gasteiger partial charge in [-0.3, -0.25) is 0 Å². The van der Waals surface area contributed by atoms with E-state index in [4.69, 9.17) is 10.6 Å². The lowest BCUT2D eigenvalue weighted by molar-refractivity contribution is 0.416. The molecular formula is C12H16N4OS. The predicted octanol–water partition coefficient (Wildman–Crippen LogP) is 2.17. The standard InChI is InChI=1S/C12H16N4OS/c1-8(2)18-12-15-14-11(16(12)13)9-6-4-5-7-10(9)17-3/h4-8H,13H2,1-3H3. The zero-order valence-electron chi connectivity index (χ0n) is 10.6. The van der Waals surface area contributed by atoms with E-state index in [2.05, 4.69) is 24.0 Å². The Morgan fingerprint density at radius 3 is 2.67 bits per heavy atom. The highest BCUT2D eigenvalue weighted by Gasteiger charge is 2.16. The molecule has 96 valence electrons. The van der Waals surface area contributed by atoms with E-state index in [1.807, 2.05) is 24.3 Å². The van der Waals surface area contributed by atoms with Crippen LogP contribution in [0.4, 0.5) is 0 Å². The molecule has 0 radical (unpaired) electrons. The summed E-state index contributed by atoms with van der Waals surface area (Å²) < 4.78 is 6.80. The normalized spacial score (nSPS) is 10.9. The third-order valence-corrected chi connectivity index (χ3v) is 3.31. The van der Waals surface area contributed by atoms with Gasteiger partial charge in [0.25, 0.3) is 0 Å². The second kappa shape index (κ2) is 5.30. The lowest BCUT2D eigenvalue weighted by Gasteiger charge is -2.08. The first-order valence-corrected chi connectivity index (χ1v) is 6.52. The van der Waals surface area contributed by atoms with Crippen LogP contribution in [0, 0.1) is 0 Å². The first kappa shape index (κ1) is 12.8. The van der Waals surface area contributed by atoms with Crippen LogP contribution in [0.1, 0.15) is 13.8 Å². The van der Waals surface area contributed by atoms with Gasteiger partial charge in [-0.1, -0.05) is 37.7 Å². The molecule has 0 aliphatic heterocycles. The maximum Gasteiger partial charge on any atom is 0.210 e. The third kappa shape index (κ3) is 2.43. The second-order valence-electron chi connectivity index (χ2n) is 4.04. The molecule has 0 amide bonds. The molecule has 0 unspecified atom stereocenters. The molecule has 0 spiro atoms. The van der Waals surface area contributed by atoms with Crippen molar-refractivity contribution in [1.29, 1.82) is 0 Å². The number of nitrogens with zero attached hydrogens (tertiary/aromatic N) is 3. The number of hydrogen-bond acceptors (Lipinski definition) is 5. The summed E-state index contributed by atoms with van der Waals surface area (Å²) in [6, 6.07) is 7.61. The van der Waals surface area contributed by atoms with Crippen molar-refractivity contribution >= 4 is 11.8 Å². The van der Waals surface area contributed by atoms with E-state index in [1.54, 1.807) is 18.9 Å². The van der Waals surface area contributed by atoms with E-state index in [0.29, 0.717) is 16.2 Å². The molecule has 2 N–H and O–H groups in total. The minimum Gasteiger partial charge on any atom is -0.496 e. The average molecular weight is 264 g/mol. The van der Waals surface area contributed by atoms with Crippen LogP contribution in [0.5, 0.6) is 5.75 Å². The molecule has 5 nitrogen and oxygen atoms in total. The summed E-state index contributed by atoms with van der Waals surface area (Å²) in [6.07, 6.45) is 0. The zero-order valence-corrected chi connectivity index (χ0v) is 11.4. The summed E-state index contributed by atoms with van der Waals surface area (Å²) in [5.74, 6) is 7.36. The van der Waals surface area contributed by atoms with Crippen LogP contribution in [0.2, 0.25) is 0 Å². The maximum atomic E-state index is 6.02. The number of aromatic nitrogens is 3. The Bertz CT molecular complexity index is 539. The number of ether oxygens (including phenoxy) is 1. The van der Waals surface area contributed by atoms with Crippen molar-refractivity contribution in [2.75, 3.05) is 13.0 Å². The summed E-state index contributed by atoms with van der Waals surface area (Å²) >= 11 is 1.58. The Labute approximate surface area is 110 Å². The van der Waals surface area contributed by atoms with Gasteiger partial charge in [0.05, 0.1) is 12.7 Å². The smallest absolute Gasteiger partial charge is 0.210 e. The number of methoxy groups -OCH3 is 1. The lowest BCUT2D eigenvalue weighted by Crippen LogP contribution is -2.12. The highest BCUT2D eigenvalue weighted by atomic mass is 32.2. The van der Waals surface area contributed by atoms with E-state index in [-0.39, 0.29) is 0 Å². The number of rotatable bonds is 4. The van der Waals surface area contributed by atoms with Gasteiger partial charge >= 0.3 is 0 Å². The Morgan fingerprint density at radius 1 is 1.28 bits per heavy atom. The van der Waals surface area contributed by atoms with Crippen molar-refractivity contribution in [3.8, 4) is 17.1 Å². The summed E-state index contributed by atoms with van der Waals surface area (Å²) in [6.45, 7) is 4.17. The second-order valence-corrected chi connectivity index (χ2v) is 5.59. The summed E-state index contributed by atoms with van der Waals surface area (Å²) in [4.78, 5) is 0. The summed E-state index contributed by atoms with van der Waals surface area (Å²) in [5, 5.41) is 9.34. The minimum atomic E-state index is 0.405. The molecule has 0 aliphatic carbocycles. The highest BCUT2D eigenvalue weighted by Crippen LogP contribution is 2.30. The van der Waals surface area contributed by atoms with Gasteiger partial charge in [0, 0.05) is 5.25 Å². The molecule has 0 aliphatic rings. The van der Waals surface area contributed by atoms with Crippen LogP contribution in [0.15, 0.2) is 29.4 Å². The molecule has 0 atom stereocenters. The quantitative estimate of drug-likeness (QED) is 0.677. The van der Waals surface area contributed by atoms with Gasteiger partial charge in [-0.15, -0.1) is 10.2 Å². The molecule has 1 aromatic carbocycles. The summed E-state index contributed by atoms with van der Waals surface area (Å²) in [7, 11) is 1.62. The van der Waals surface area contributed by atoms with Crippen molar-refractivity contribution < 1.29 is 4.74 Å². The van der Waals surface area contributed by atoms with E-state index in [1.165, 1.54) is 4.68 Å². The van der Waals surface area contributed by atoms with E-state index >= 15 is 0 Å². The Balaban J connectivity index is 2.42. The number of hydrogen-bond donors (Lipinski definition) is 1. The number of nitrogens with two attached hydrogens (primary N) is 1. The molecule has 0 saturated carbocycles. The van der Waals surface area contributed by atoms with Gasteiger partial charge in [-0.05, 0) is 12.1 Å². The van der Waals surface area contributed by atoms with Crippen molar-refractivity contribution in [2.45, 2.75) is 24.3 Å². The first-order chi connectivity index (χ1) is 8.63. The van der Waals surface area contributed by atoms with Gasteiger partial charge in [0.15, 0.2) is 5.82 Å². The highest BCUT2D eigenvalue weighted by molar-refractivity contribution is 7.99. The third-order valence-electron chi connectivity index (χ3n) is 2.35. The molecule has 1 aromatic heterocycles. The average Bonchev–Trinajstić information content (AvgIpc) is 2.70. The molecule has 0 bridgehead atoms. The zero-order chi connectivity index (χ0) is 13.1. The molecule has 0 saturated heterocycles. The fourth-order valence-corrected chi connectivity index (χ4v) is 2.29. The number of nitrogen functional groups attached to an aromatic ring is 1. The lowest BCUT2D eigenvalue weighted by atomic mass is 10.2. The molecule has 0 fully saturated rings. The van der Waals surface area contributed by atoms with Crippen molar-refractivity contribution in [3.63, 3.8) is 0 Å². The molecular weight excluding hydrogens is 248 g/mol. The van der Waals surface area contributed by atoms with Crippen molar-refractivity contribution in [1.82, 2.24) is 14.9 Å². The number of thioether (sulfide) groups is 1. The van der Waals surface area contributed by atoms with Gasteiger partial charge < -0.3 is 10.6 Å². The van der Waals surface area contributed by atoms with E-state index in [9.17, 15) is 0 Å². The Hall–Kier alpha value is -1.69. The largest absolute Gasteiger partial charge is 0.496 e. The van der Waals surface area contributed by atoms with Gasteiger partial charge in [0.1, 0.15) is 5.75 Å². The van der Waals surface area contributed by atoms with Crippen LogP contribution in [-0.4, -0.2) is 27.2 Å².